The maximum absolute atomic E-state index is 12.4. The number of hydrogen-bond acceptors (Lipinski definition) is 3. The summed E-state index contributed by atoms with van der Waals surface area (Å²) in [5.41, 5.74) is 3.68. The molecule has 1 N–H and O–H groups in total. The number of hydrogen-bond donors (Lipinski definition) is 1. The van der Waals surface area contributed by atoms with Crippen LogP contribution in [0.3, 0.4) is 0 Å². The van der Waals surface area contributed by atoms with Gasteiger partial charge in [0.15, 0.2) is 0 Å². The molecule has 1 fully saturated rings. The molecule has 0 saturated carbocycles. The molecule has 1 aliphatic heterocycles. The second-order valence-electron chi connectivity index (χ2n) is 8.65. The Morgan fingerprint density at radius 1 is 0.871 bits per heavy atom. The van der Waals surface area contributed by atoms with Crippen LogP contribution in [0.5, 0.6) is 0 Å². The van der Waals surface area contributed by atoms with E-state index >= 15 is 0 Å². The Hall–Kier alpha value is -2.46. The van der Waals surface area contributed by atoms with Gasteiger partial charge in [-0.1, -0.05) is 90.5 Å². The summed E-state index contributed by atoms with van der Waals surface area (Å²) in [4.78, 5) is 2.43. The minimum absolute atomic E-state index is 0.0294. The Labute approximate surface area is 186 Å². The molecule has 0 unspecified atom stereocenters. The van der Waals surface area contributed by atoms with Crippen LogP contribution in [-0.2, 0) is 16.8 Å². The molecule has 2 atom stereocenters. The Kier molecular flexibility index (Phi) is 7.18. The van der Waals surface area contributed by atoms with Crippen molar-refractivity contribution in [1.29, 1.82) is 0 Å². The van der Waals surface area contributed by atoms with Crippen LogP contribution in [0.4, 0.5) is 0 Å². The predicted octanol–water partition coefficient (Wildman–Crippen LogP) is 4.93. The predicted molar refractivity (Wildman–Crippen MR) is 126 cm³/mol. The van der Waals surface area contributed by atoms with Crippen LogP contribution in [0.1, 0.15) is 34.6 Å². The average molecular weight is 416 g/mol. The quantitative estimate of drug-likeness (QED) is 0.566. The topological polar surface area (TPSA) is 32.7 Å². The molecule has 1 saturated heterocycles. The van der Waals surface area contributed by atoms with Gasteiger partial charge in [-0.2, -0.15) is 0 Å². The van der Waals surface area contributed by atoms with Crippen molar-refractivity contribution in [3.63, 3.8) is 0 Å². The van der Waals surface area contributed by atoms with Crippen LogP contribution >= 0.6 is 0 Å². The molecule has 1 heterocycles. The second-order valence-corrected chi connectivity index (χ2v) is 8.65. The van der Waals surface area contributed by atoms with Gasteiger partial charge in [-0.05, 0) is 36.5 Å². The van der Waals surface area contributed by atoms with E-state index in [1.807, 2.05) is 12.1 Å². The fourth-order valence-electron chi connectivity index (χ4n) is 4.60. The zero-order valence-corrected chi connectivity index (χ0v) is 18.4. The van der Waals surface area contributed by atoms with Crippen LogP contribution < -0.4 is 0 Å². The third kappa shape index (κ3) is 5.43. The summed E-state index contributed by atoms with van der Waals surface area (Å²) in [6, 6.07) is 29.4. The summed E-state index contributed by atoms with van der Waals surface area (Å²) < 4.78 is 5.57. The number of aliphatic hydroxyl groups is 1. The number of rotatable bonds is 8. The summed E-state index contributed by atoms with van der Waals surface area (Å²) in [7, 11) is 0. The lowest BCUT2D eigenvalue weighted by molar-refractivity contribution is -0.0279. The first kappa shape index (κ1) is 21.8. The first-order valence-corrected chi connectivity index (χ1v) is 11.3. The van der Waals surface area contributed by atoms with E-state index in [9.17, 15) is 5.11 Å². The smallest absolute Gasteiger partial charge is 0.0980 e. The molecule has 1 aliphatic rings. The highest BCUT2D eigenvalue weighted by atomic mass is 16.5. The molecule has 162 valence electrons. The molecular formula is C28H33NO2. The van der Waals surface area contributed by atoms with Gasteiger partial charge in [-0.25, -0.2) is 0 Å². The van der Waals surface area contributed by atoms with Crippen LogP contribution in [0.2, 0.25) is 0 Å². The van der Waals surface area contributed by atoms with Gasteiger partial charge in [0.05, 0.1) is 18.8 Å². The standard InChI is InChI=1S/C28H33NO2/c1-23-12-14-26(15-13-23)28(30,17-16-24-8-4-2-5-9-24)27(25-10-6-3-7-11-25)22-29-18-20-31-21-19-29/h2-15,27,30H,16-22H2,1H3/t27-,28-/m1/s1. The van der Waals surface area contributed by atoms with Gasteiger partial charge >= 0.3 is 0 Å². The summed E-state index contributed by atoms with van der Waals surface area (Å²) in [5, 5.41) is 12.4. The fourth-order valence-corrected chi connectivity index (χ4v) is 4.60. The lowest BCUT2D eigenvalue weighted by atomic mass is 9.73. The Bertz CT molecular complexity index is 920. The maximum Gasteiger partial charge on any atom is 0.0980 e. The molecule has 0 spiro atoms. The van der Waals surface area contributed by atoms with E-state index in [1.54, 1.807) is 0 Å². The molecule has 3 aromatic carbocycles. The molecule has 0 bridgehead atoms. The van der Waals surface area contributed by atoms with E-state index in [2.05, 4.69) is 84.6 Å². The first-order chi connectivity index (χ1) is 15.1. The molecule has 3 aromatic rings. The Morgan fingerprint density at radius 3 is 2.13 bits per heavy atom. The van der Waals surface area contributed by atoms with Gasteiger partial charge in [-0.15, -0.1) is 0 Å². The normalized spacial score (nSPS) is 17.7. The Balaban J connectivity index is 1.71. The second kappa shape index (κ2) is 10.2. The monoisotopic (exact) mass is 415 g/mol. The third-order valence-corrected chi connectivity index (χ3v) is 6.51. The molecule has 0 aliphatic carbocycles. The molecule has 0 amide bonds. The summed E-state index contributed by atoms with van der Waals surface area (Å²) in [6.45, 7) is 6.24. The molecule has 0 aromatic heterocycles. The van der Waals surface area contributed by atoms with Gasteiger partial charge in [0.2, 0.25) is 0 Å². The summed E-state index contributed by atoms with van der Waals surface area (Å²) >= 11 is 0. The number of nitrogens with zero attached hydrogens (tertiary/aromatic N) is 1. The minimum Gasteiger partial charge on any atom is -0.384 e. The lowest BCUT2D eigenvalue weighted by Gasteiger charge is -2.41. The number of morpholine rings is 1. The highest BCUT2D eigenvalue weighted by molar-refractivity contribution is 5.34. The largest absolute Gasteiger partial charge is 0.384 e. The highest BCUT2D eigenvalue weighted by Gasteiger charge is 2.40. The molecule has 3 heteroatoms. The minimum atomic E-state index is -0.969. The van der Waals surface area contributed by atoms with Crippen molar-refractivity contribution in [2.75, 3.05) is 32.8 Å². The number of aryl methyl sites for hydroxylation is 2. The van der Waals surface area contributed by atoms with Crippen molar-refractivity contribution in [1.82, 2.24) is 4.90 Å². The van der Waals surface area contributed by atoms with Crippen molar-refractivity contribution >= 4 is 0 Å². The zero-order valence-electron chi connectivity index (χ0n) is 18.4. The molecule has 31 heavy (non-hydrogen) atoms. The van der Waals surface area contributed by atoms with E-state index < -0.39 is 5.60 Å². The number of benzene rings is 3. The average Bonchev–Trinajstić information content (AvgIpc) is 2.83. The Morgan fingerprint density at radius 2 is 1.48 bits per heavy atom. The van der Waals surface area contributed by atoms with Gasteiger partial charge < -0.3 is 9.84 Å². The van der Waals surface area contributed by atoms with Crippen LogP contribution in [0.15, 0.2) is 84.9 Å². The van der Waals surface area contributed by atoms with E-state index in [4.69, 9.17) is 4.74 Å². The van der Waals surface area contributed by atoms with E-state index in [-0.39, 0.29) is 5.92 Å². The first-order valence-electron chi connectivity index (χ1n) is 11.3. The van der Waals surface area contributed by atoms with E-state index in [0.717, 1.165) is 44.8 Å². The van der Waals surface area contributed by atoms with Crippen molar-refractivity contribution in [2.45, 2.75) is 31.3 Å². The van der Waals surface area contributed by atoms with Crippen molar-refractivity contribution in [3.8, 4) is 0 Å². The van der Waals surface area contributed by atoms with Crippen LogP contribution in [-0.4, -0.2) is 42.9 Å². The van der Waals surface area contributed by atoms with Crippen molar-refractivity contribution in [2.24, 2.45) is 0 Å². The van der Waals surface area contributed by atoms with E-state index in [1.165, 1.54) is 16.7 Å². The maximum atomic E-state index is 12.4. The van der Waals surface area contributed by atoms with Gasteiger partial charge in [0.25, 0.3) is 0 Å². The van der Waals surface area contributed by atoms with Crippen LogP contribution in [0.25, 0.3) is 0 Å². The number of ether oxygens (including phenoxy) is 1. The lowest BCUT2D eigenvalue weighted by Crippen LogP contribution is -2.45. The fraction of sp³-hybridized carbons (Fsp3) is 0.357. The summed E-state index contributed by atoms with van der Waals surface area (Å²) in [6.07, 6.45) is 1.50. The van der Waals surface area contributed by atoms with Crippen LogP contribution in [0, 0.1) is 6.92 Å². The molecule has 0 radical (unpaired) electrons. The SMILES string of the molecule is Cc1ccc([C@](O)(CCc2ccccc2)[C@H](CN2CCOCC2)c2ccccc2)cc1. The van der Waals surface area contributed by atoms with Crippen molar-refractivity contribution in [3.05, 3.63) is 107 Å². The molecule has 4 rings (SSSR count). The highest BCUT2D eigenvalue weighted by Crippen LogP contribution is 2.41. The zero-order chi connectivity index (χ0) is 21.5. The molecule has 3 nitrogen and oxygen atoms in total. The summed E-state index contributed by atoms with van der Waals surface area (Å²) in [5.74, 6) is -0.0294. The van der Waals surface area contributed by atoms with Gasteiger partial charge in [0, 0.05) is 25.6 Å². The van der Waals surface area contributed by atoms with Gasteiger partial charge in [0.1, 0.15) is 0 Å². The third-order valence-electron chi connectivity index (χ3n) is 6.51. The van der Waals surface area contributed by atoms with Gasteiger partial charge in [-0.3, -0.25) is 4.90 Å². The van der Waals surface area contributed by atoms with Crippen molar-refractivity contribution < 1.29 is 9.84 Å². The van der Waals surface area contributed by atoms with E-state index in [0.29, 0.717) is 6.42 Å². The molecular weight excluding hydrogens is 382 g/mol.